The molecule has 0 heterocycles. The van der Waals surface area contributed by atoms with Crippen LogP contribution in [-0.2, 0) is 28.6 Å². The number of allylic oxidation sites excluding steroid dienone is 16. The van der Waals surface area contributed by atoms with Crippen molar-refractivity contribution in [3.8, 4) is 0 Å². The van der Waals surface area contributed by atoms with Gasteiger partial charge in [-0.2, -0.15) is 0 Å². The lowest BCUT2D eigenvalue weighted by Crippen LogP contribution is -2.30. The van der Waals surface area contributed by atoms with Crippen LogP contribution in [0.4, 0.5) is 0 Å². The fraction of sp³-hybridized carbons (Fsp3) is 0.753. The number of hydrogen-bond acceptors (Lipinski definition) is 6. The lowest BCUT2D eigenvalue weighted by Gasteiger charge is -2.18. The maximum atomic E-state index is 12.9. The summed E-state index contributed by atoms with van der Waals surface area (Å²) >= 11 is 0. The van der Waals surface area contributed by atoms with Crippen molar-refractivity contribution in [1.29, 1.82) is 0 Å². The summed E-state index contributed by atoms with van der Waals surface area (Å²) in [5.74, 6) is -0.878. The SMILES string of the molecule is CC/C=C\C/C=C\C/C=C\C/C=C\C/C=C\C/C=C\CCCCCCCCCCC(=O)OC(COC(=O)CCCCCCCCC)COC(=O)CCCCCCCCCCCCCCCCCCCCC/C=C\C/C=C\CCCCCCC. The fourth-order valence-corrected chi connectivity index (χ4v) is 10.2. The molecule has 83 heavy (non-hydrogen) atoms. The van der Waals surface area contributed by atoms with Gasteiger partial charge in [0, 0.05) is 19.3 Å². The third kappa shape index (κ3) is 69.0. The van der Waals surface area contributed by atoms with Gasteiger partial charge in [0.2, 0.25) is 0 Å². The third-order valence-electron chi connectivity index (χ3n) is 15.6. The van der Waals surface area contributed by atoms with Gasteiger partial charge in [-0.25, -0.2) is 0 Å². The lowest BCUT2D eigenvalue weighted by molar-refractivity contribution is -0.167. The summed E-state index contributed by atoms with van der Waals surface area (Å²) in [6.45, 7) is 6.50. The standard InChI is InChI=1S/C77H134O6/c1-4-7-10-13-16-18-20-22-24-26-28-30-32-34-36-37-38-39-41-42-44-46-48-50-52-54-56-58-61-64-67-70-76(79)82-73-74(72-81-75(78)69-66-63-60-15-12-9-6-3)83-77(80)71-68-65-62-59-57-55-53-51-49-47-45-43-40-35-33-31-29-27-25-23-21-19-17-14-11-8-5-2/h8,11,17,19-20,22-23,25-26,28-29,31,35,40,45,47,74H,4-7,9-10,12-16,18,21,24,27,30,32-34,36-39,41-44,46,48-73H2,1-3H3/b11-8-,19-17-,22-20-,25-23-,28-26-,31-29-,40-35-,47-45-. The molecule has 0 bridgehead atoms. The van der Waals surface area contributed by atoms with Gasteiger partial charge in [0.25, 0.3) is 0 Å². The Bertz CT molecular complexity index is 1610. The molecule has 0 fully saturated rings. The molecule has 0 saturated heterocycles. The molecule has 0 radical (unpaired) electrons. The first-order valence-corrected chi connectivity index (χ1v) is 35.7. The molecule has 1 unspecified atom stereocenters. The Kier molecular flexibility index (Phi) is 67.7. The number of unbranched alkanes of at least 4 members (excludes halogenated alkanes) is 38. The van der Waals surface area contributed by atoms with E-state index in [0.29, 0.717) is 19.3 Å². The molecule has 0 saturated carbocycles. The van der Waals surface area contributed by atoms with Crippen molar-refractivity contribution in [3.05, 3.63) is 97.2 Å². The van der Waals surface area contributed by atoms with Gasteiger partial charge in [-0.15, -0.1) is 0 Å². The van der Waals surface area contributed by atoms with Crippen molar-refractivity contribution in [2.24, 2.45) is 0 Å². The number of hydrogen-bond donors (Lipinski definition) is 0. The zero-order valence-corrected chi connectivity index (χ0v) is 54.9. The van der Waals surface area contributed by atoms with Gasteiger partial charge < -0.3 is 14.2 Å². The summed E-state index contributed by atoms with van der Waals surface area (Å²) in [5, 5.41) is 0. The summed E-state index contributed by atoms with van der Waals surface area (Å²) in [6, 6.07) is 0. The first-order valence-electron chi connectivity index (χ1n) is 35.7. The first kappa shape index (κ1) is 79.3. The highest BCUT2D eigenvalue weighted by Crippen LogP contribution is 2.17. The minimum Gasteiger partial charge on any atom is -0.462 e. The summed E-state index contributed by atoms with van der Waals surface area (Å²) in [6.07, 6.45) is 96.1. The maximum Gasteiger partial charge on any atom is 0.306 e. The summed E-state index contributed by atoms with van der Waals surface area (Å²) in [4.78, 5) is 38.2. The van der Waals surface area contributed by atoms with Crippen LogP contribution >= 0.6 is 0 Å². The van der Waals surface area contributed by atoms with Crippen LogP contribution in [0.2, 0.25) is 0 Å². The molecule has 0 aromatic carbocycles. The van der Waals surface area contributed by atoms with Crippen LogP contribution in [-0.4, -0.2) is 37.2 Å². The summed E-state index contributed by atoms with van der Waals surface area (Å²) in [5.41, 5.74) is 0. The van der Waals surface area contributed by atoms with Crippen molar-refractivity contribution in [2.45, 2.75) is 361 Å². The van der Waals surface area contributed by atoms with E-state index in [-0.39, 0.29) is 31.1 Å². The van der Waals surface area contributed by atoms with Crippen molar-refractivity contribution in [2.75, 3.05) is 13.2 Å². The Morgan fingerprint density at radius 2 is 0.470 bits per heavy atom. The Morgan fingerprint density at radius 3 is 0.735 bits per heavy atom. The largest absolute Gasteiger partial charge is 0.462 e. The molecule has 1 atom stereocenters. The molecule has 6 heteroatoms. The number of rotatable bonds is 65. The molecule has 0 aliphatic rings. The molecule has 6 nitrogen and oxygen atoms in total. The molecule has 0 N–H and O–H groups in total. The molecule has 0 aromatic rings. The lowest BCUT2D eigenvalue weighted by atomic mass is 10.0. The Balaban J connectivity index is 4.07. The van der Waals surface area contributed by atoms with Gasteiger partial charge >= 0.3 is 17.9 Å². The van der Waals surface area contributed by atoms with Crippen LogP contribution in [0, 0.1) is 0 Å². The summed E-state index contributed by atoms with van der Waals surface area (Å²) < 4.78 is 16.9. The number of carbonyl (C=O) groups excluding carboxylic acids is 3. The average molecular weight is 1160 g/mol. The quantitative estimate of drug-likeness (QED) is 0.0261. The number of carbonyl (C=O) groups is 3. The van der Waals surface area contributed by atoms with E-state index in [1.54, 1.807) is 0 Å². The van der Waals surface area contributed by atoms with E-state index in [9.17, 15) is 14.4 Å². The van der Waals surface area contributed by atoms with E-state index in [0.717, 1.165) is 109 Å². The van der Waals surface area contributed by atoms with Crippen LogP contribution in [0.15, 0.2) is 97.2 Å². The molecular formula is C77H134O6. The van der Waals surface area contributed by atoms with Crippen LogP contribution in [0.1, 0.15) is 355 Å². The van der Waals surface area contributed by atoms with Crippen LogP contribution in [0.3, 0.4) is 0 Å². The molecule has 0 amide bonds. The molecule has 0 spiro atoms. The van der Waals surface area contributed by atoms with E-state index in [2.05, 4.69) is 118 Å². The van der Waals surface area contributed by atoms with Crippen LogP contribution < -0.4 is 0 Å². The van der Waals surface area contributed by atoms with Gasteiger partial charge in [-0.05, 0) is 103 Å². The zero-order chi connectivity index (χ0) is 59.9. The predicted molar refractivity (Wildman–Crippen MR) is 362 cm³/mol. The van der Waals surface area contributed by atoms with Gasteiger partial charge in [0.1, 0.15) is 13.2 Å². The first-order chi connectivity index (χ1) is 41.0. The number of esters is 3. The molecule has 0 aromatic heterocycles. The van der Waals surface area contributed by atoms with Crippen molar-refractivity contribution in [1.82, 2.24) is 0 Å². The second-order valence-electron chi connectivity index (χ2n) is 23.8. The van der Waals surface area contributed by atoms with Crippen LogP contribution in [0.5, 0.6) is 0 Å². The fourth-order valence-electron chi connectivity index (χ4n) is 10.2. The number of ether oxygens (including phenoxy) is 3. The minimum absolute atomic E-state index is 0.0772. The monoisotopic (exact) mass is 1160 g/mol. The van der Waals surface area contributed by atoms with Crippen molar-refractivity contribution in [3.63, 3.8) is 0 Å². The minimum atomic E-state index is -0.780. The smallest absolute Gasteiger partial charge is 0.306 e. The van der Waals surface area contributed by atoms with Gasteiger partial charge in [-0.3, -0.25) is 14.4 Å². The second-order valence-corrected chi connectivity index (χ2v) is 23.8. The van der Waals surface area contributed by atoms with E-state index in [4.69, 9.17) is 14.2 Å². The normalized spacial score (nSPS) is 12.7. The molecular weight excluding hydrogens is 1020 g/mol. The maximum absolute atomic E-state index is 12.9. The molecule has 0 aliphatic heterocycles. The Morgan fingerprint density at radius 1 is 0.253 bits per heavy atom. The Hall–Kier alpha value is -3.67. The van der Waals surface area contributed by atoms with E-state index in [1.165, 1.54) is 205 Å². The van der Waals surface area contributed by atoms with Gasteiger partial charge in [0.15, 0.2) is 6.10 Å². The highest BCUT2D eigenvalue weighted by atomic mass is 16.6. The second kappa shape index (κ2) is 70.8. The Labute approximate surface area is 515 Å². The summed E-state index contributed by atoms with van der Waals surface area (Å²) in [7, 11) is 0. The van der Waals surface area contributed by atoms with E-state index in [1.807, 2.05) is 0 Å². The average Bonchev–Trinajstić information content (AvgIpc) is 3.49. The topological polar surface area (TPSA) is 78.9 Å². The molecule has 478 valence electrons. The van der Waals surface area contributed by atoms with E-state index < -0.39 is 6.10 Å². The van der Waals surface area contributed by atoms with Gasteiger partial charge in [-0.1, -0.05) is 330 Å². The predicted octanol–water partition coefficient (Wildman–Crippen LogP) is 24.8. The van der Waals surface area contributed by atoms with Gasteiger partial charge in [0.05, 0.1) is 0 Å². The van der Waals surface area contributed by atoms with Crippen LogP contribution in [0.25, 0.3) is 0 Å². The molecule has 0 rings (SSSR count). The van der Waals surface area contributed by atoms with E-state index >= 15 is 0 Å². The third-order valence-corrected chi connectivity index (χ3v) is 15.6. The van der Waals surface area contributed by atoms with Crippen molar-refractivity contribution >= 4 is 17.9 Å². The highest BCUT2D eigenvalue weighted by molar-refractivity contribution is 5.71. The zero-order valence-electron chi connectivity index (χ0n) is 54.9. The molecule has 0 aliphatic carbocycles. The highest BCUT2D eigenvalue weighted by Gasteiger charge is 2.19. The van der Waals surface area contributed by atoms with Crippen molar-refractivity contribution < 1.29 is 28.6 Å².